The zero-order valence-electron chi connectivity index (χ0n) is 9.92. The monoisotopic (exact) mass is 247 g/mol. The molecule has 1 amide bonds. The van der Waals surface area contributed by atoms with Gasteiger partial charge in [-0.15, -0.1) is 0 Å². The van der Waals surface area contributed by atoms with Crippen molar-refractivity contribution in [2.24, 2.45) is 0 Å². The lowest BCUT2D eigenvalue weighted by atomic mass is 10.3. The van der Waals surface area contributed by atoms with Crippen molar-refractivity contribution in [2.45, 2.75) is 0 Å². The first kappa shape index (κ1) is 10.8. The maximum Gasteiger partial charge on any atom is 0.241 e. The summed E-state index contributed by atoms with van der Waals surface area (Å²) in [4.78, 5) is 23.6. The Labute approximate surface area is 103 Å². The second-order valence-corrected chi connectivity index (χ2v) is 4.27. The van der Waals surface area contributed by atoms with Crippen molar-refractivity contribution in [2.75, 3.05) is 37.3 Å². The molecule has 0 saturated carbocycles. The van der Waals surface area contributed by atoms with Gasteiger partial charge in [0.05, 0.1) is 18.1 Å². The number of nitrogen functional groups attached to an aromatic ring is 1. The summed E-state index contributed by atoms with van der Waals surface area (Å²) in [6, 6.07) is 0. The van der Waals surface area contributed by atoms with Crippen LogP contribution >= 0.6 is 0 Å². The quantitative estimate of drug-likeness (QED) is 0.684. The number of aromatic amines is 1. The van der Waals surface area contributed by atoms with E-state index >= 15 is 0 Å². The summed E-state index contributed by atoms with van der Waals surface area (Å²) in [7, 11) is 1.79. The summed E-state index contributed by atoms with van der Waals surface area (Å²) in [5, 5.41) is 7.46. The van der Waals surface area contributed by atoms with Crippen LogP contribution in [0.3, 0.4) is 0 Å². The van der Waals surface area contributed by atoms with Crippen LogP contribution in [0.25, 0.3) is 11.0 Å². The zero-order valence-corrected chi connectivity index (χ0v) is 9.92. The summed E-state index contributed by atoms with van der Waals surface area (Å²) in [6.07, 6.45) is 1.65. The number of nitrogens with one attached hydrogen (secondary N) is 1. The van der Waals surface area contributed by atoms with E-state index in [2.05, 4.69) is 20.2 Å². The number of H-pyrrole nitrogens is 1. The standard InChI is InChI=1S/C10H13N7O/c1-16-2-3-17(5-7(16)18)9-6-4-12-15-8(6)13-10(11)14-9/h4H,2-3,5H2,1H3,(H3,11,12,13,14,15). The van der Waals surface area contributed by atoms with Crippen LogP contribution in [0, 0.1) is 0 Å². The highest BCUT2D eigenvalue weighted by Crippen LogP contribution is 2.23. The number of piperazine rings is 1. The predicted molar refractivity (Wildman–Crippen MR) is 65.9 cm³/mol. The molecule has 3 N–H and O–H groups in total. The lowest BCUT2D eigenvalue weighted by Gasteiger charge is -2.32. The Bertz CT molecular complexity index is 607. The maximum absolute atomic E-state index is 11.7. The number of amides is 1. The van der Waals surface area contributed by atoms with Gasteiger partial charge in [-0.2, -0.15) is 15.1 Å². The minimum atomic E-state index is 0.0649. The Morgan fingerprint density at radius 3 is 3.00 bits per heavy atom. The number of nitrogens with two attached hydrogens (primary N) is 1. The molecule has 1 fully saturated rings. The molecule has 2 aromatic heterocycles. The molecule has 0 unspecified atom stereocenters. The van der Waals surface area contributed by atoms with Crippen molar-refractivity contribution >= 4 is 28.7 Å². The molecule has 0 atom stereocenters. The van der Waals surface area contributed by atoms with Gasteiger partial charge in [-0.3, -0.25) is 9.89 Å². The number of hydrogen-bond acceptors (Lipinski definition) is 6. The Morgan fingerprint density at radius 1 is 1.39 bits per heavy atom. The van der Waals surface area contributed by atoms with Crippen LogP contribution in [0.4, 0.5) is 11.8 Å². The summed E-state index contributed by atoms with van der Waals surface area (Å²) in [6.45, 7) is 1.69. The molecule has 0 aromatic carbocycles. The van der Waals surface area contributed by atoms with E-state index in [9.17, 15) is 4.79 Å². The minimum absolute atomic E-state index is 0.0649. The van der Waals surface area contributed by atoms with Crippen molar-refractivity contribution < 1.29 is 4.79 Å². The fraction of sp³-hybridized carbons (Fsp3) is 0.400. The number of rotatable bonds is 1. The van der Waals surface area contributed by atoms with Gasteiger partial charge in [0.1, 0.15) is 5.82 Å². The van der Waals surface area contributed by atoms with Gasteiger partial charge in [0.2, 0.25) is 11.9 Å². The van der Waals surface area contributed by atoms with E-state index < -0.39 is 0 Å². The third-order valence-corrected chi connectivity index (χ3v) is 3.06. The Kier molecular flexibility index (Phi) is 2.29. The molecule has 18 heavy (non-hydrogen) atoms. The molecule has 94 valence electrons. The van der Waals surface area contributed by atoms with Gasteiger partial charge < -0.3 is 15.5 Å². The molecule has 0 bridgehead atoms. The Balaban J connectivity index is 2.03. The van der Waals surface area contributed by atoms with E-state index in [0.29, 0.717) is 24.6 Å². The van der Waals surface area contributed by atoms with Gasteiger partial charge >= 0.3 is 0 Å². The van der Waals surface area contributed by atoms with Crippen molar-refractivity contribution in [1.29, 1.82) is 0 Å². The average molecular weight is 247 g/mol. The Hall–Kier alpha value is -2.38. The largest absolute Gasteiger partial charge is 0.368 e. The molecule has 8 heteroatoms. The SMILES string of the molecule is CN1CCN(c2nc(N)nc3[nH]ncc23)CC1=O. The van der Waals surface area contributed by atoms with Crippen LogP contribution < -0.4 is 10.6 Å². The highest BCUT2D eigenvalue weighted by atomic mass is 16.2. The molecule has 1 aliphatic rings. The van der Waals surface area contributed by atoms with Gasteiger partial charge in [-0.25, -0.2) is 0 Å². The molecule has 0 aliphatic carbocycles. The highest BCUT2D eigenvalue weighted by molar-refractivity contribution is 5.90. The third-order valence-electron chi connectivity index (χ3n) is 3.06. The van der Waals surface area contributed by atoms with Gasteiger partial charge in [0.15, 0.2) is 5.65 Å². The molecule has 3 rings (SSSR count). The number of likely N-dealkylation sites (N-methyl/N-ethyl adjacent to an activating group) is 1. The molecule has 3 heterocycles. The topological polar surface area (TPSA) is 104 Å². The number of anilines is 2. The molecule has 0 radical (unpaired) electrons. The minimum Gasteiger partial charge on any atom is -0.368 e. The number of fused-ring (bicyclic) bond motifs is 1. The smallest absolute Gasteiger partial charge is 0.241 e. The molecule has 8 nitrogen and oxygen atoms in total. The fourth-order valence-corrected chi connectivity index (χ4v) is 2.02. The lowest BCUT2D eigenvalue weighted by molar-refractivity contribution is -0.129. The van der Waals surface area contributed by atoms with E-state index in [1.54, 1.807) is 18.1 Å². The number of nitrogens with zero attached hydrogens (tertiary/aromatic N) is 5. The van der Waals surface area contributed by atoms with Crippen LogP contribution in [-0.2, 0) is 4.79 Å². The number of carbonyl (C=O) groups is 1. The van der Waals surface area contributed by atoms with Crippen molar-refractivity contribution in [3.05, 3.63) is 6.20 Å². The van der Waals surface area contributed by atoms with Crippen LogP contribution in [-0.4, -0.2) is 57.7 Å². The highest BCUT2D eigenvalue weighted by Gasteiger charge is 2.24. The molecule has 1 saturated heterocycles. The summed E-state index contributed by atoms with van der Waals surface area (Å²) in [5.41, 5.74) is 6.25. The molecular formula is C10H13N7O. The lowest BCUT2D eigenvalue weighted by Crippen LogP contribution is -2.48. The van der Waals surface area contributed by atoms with E-state index in [0.717, 1.165) is 11.9 Å². The van der Waals surface area contributed by atoms with E-state index in [4.69, 9.17) is 5.73 Å². The number of hydrogen-bond donors (Lipinski definition) is 2. The first-order valence-electron chi connectivity index (χ1n) is 5.60. The maximum atomic E-state index is 11.7. The third kappa shape index (κ3) is 1.62. The normalized spacial score (nSPS) is 16.6. The van der Waals surface area contributed by atoms with Crippen molar-refractivity contribution in [1.82, 2.24) is 25.1 Å². The second kappa shape index (κ2) is 3.83. The van der Waals surface area contributed by atoms with E-state index in [-0.39, 0.29) is 11.9 Å². The number of carbonyl (C=O) groups excluding carboxylic acids is 1. The first-order chi connectivity index (χ1) is 8.65. The fourth-order valence-electron chi connectivity index (χ4n) is 2.02. The molecule has 1 aliphatic heterocycles. The zero-order chi connectivity index (χ0) is 12.7. The van der Waals surface area contributed by atoms with Crippen LogP contribution in [0.5, 0.6) is 0 Å². The van der Waals surface area contributed by atoms with Gasteiger partial charge in [0, 0.05) is 20.1 Å². The Morgan fingerprint density at radius 2 is 2.22 bits per heavy atom. The molecule has 0 spiro atoms. The average Bonchev–Trinajstić information content (AvgIpc) is 2.79. The molecule has 2 aromatic rings. The van der Waals surface area contributed by atoms with Gasteiger partial charge in [0.25, 0.3) is 0 Å². The van der Waals surface area contributed by atoms with E-state index in [1.165, 1.54) is 0 Å². The molecular weight excluding hydrogens is 234 g/mol. The first-order valence-corrected chi connectivity index (χ1v) is 5.60. The predicted octanol–water partition coefficient (Wildman–Crippen LogP) is -0.786. The van der Waals surface area contributed by atoms with Crippen LogP contribution in [0.2, 0.25) is 0 Å². The summed E-state index contributed by atoms with van der Waals surface area (Å²) in [5.74, 6) is 0.899. The summed E-state index contributed by atoms with van der Waals surface area (Å²) >= 11 is 0. The van der Waals surface area contributed by atoms with Crippen molar-refractivity contribution in [3.8, 4) is 0 Å². The van der Waals surface area contributed by atoms with E-state index in [1.807, 2.05) is 4.90 Å². The van der Waals surface area contributed by atoms with Crippen molar-refractivity contribution in [3.63, 3.8) is 0 Å². The second-order valence-electron chi connectivity index (χ2n) is 4.27. The van der Waals surface area contributed by atoms with Crippen LogP contribution in [0.1, 0.15) is 0 Å². The summed E-state index contributed by atoms with van der Waals surface area (Å²) < 4.78 is 0. The number of aromatic nitrogens is 4. The van der Waals surface area contributed by atoms with Gasteiger partial charge in [-0.1, -0.05) is 0 Å². The van der Waals surface area contributed by atoms with Gasteiger partial charge in [-0.05, 0) is 0 Å². The van der Waals surface area contributed by atoms with Crippen LogP contribution in [0.15, 0.2) is 6.20 Å².